The van der Waals surface area contributed by atoms with Gasteiger partial charge in [-0.3, -0.25) is 0 Å². The van der Waals surface area contributed by atoms with Crippen molar-refractivity contribution < 1.29 is 17.9 Å². The molecule has 0 saturated carbocycles. The summed E-state index contributed by atoms with van der Waals surface area (Å²) >= 11 is 7.11. The number of benzene rings is 1. The van der Waals surface area contributed by atoms with Gasteiger partial charge in [-0.15, -0.1) is 0 Å². The molecule has 1 aromatic rings. The molecule has 4 nitrogen and oxygen atoms in total. The van der Waals surface area contributed by atoms with Crippen molar-refractivity contribution >= 4 is 33.4 Å². The Hall–Kier alpha value is -0.340. The Morgan fingerprint density at radius 2 is 2.16 bits per heavy atom. The summed E-state index contributed by atoms with van der Waals surface area (Å²) in [5.74, 6) is -0.680. The first-order valence-corrected chi connectivity index (χ1v) is 8.57. The maximum atomic E-state index is 13.1. The number of sulfonamides is 1. The van der Waals surface area contributed by atoms with Gasteiger partial charge in [-0.1, -0.05) is 11.6 Å². The summed E-state index contributed by atoms with van der Waals surface area (Å²) in [6.07, 6.45) is 1.76. The van der Waals surface area contributed by atoms with Crippen LogP contribution in [0.15, 0.2) is 23.1 Å². The minimum absolute atomic E-state index is 0.0502. The zero-order valence-electron chi connectivity index (χ0n) is 10.4. The van der Waals surface area contributed by atoms with E-state index in [1.165, 1.54) is 17.8 Å². The van der Waals surface area contributed by atoms with Gasteiger partial charge in [0.05, 0.1) is 11.6 Å². The van der Waals surface area contributed by atoms with Gasteiger partial charge in [0.1, 0.15) is 10.7 Å². The maximum absolute atomic E-state index is 13.1. The molecule has 2 unspecified atom stereocenters. The predicted molar refractivity (Wildman–Crippen MR) is 75.6 cm³/mol. The number of aliphatic hydroxyl groups excluding tert-OH is 1. The maximum Gasteiger partial charge on any atom is 0.242 e. The highest BCUT2D eigenvalue weighted by atomic mass is 35.5. The minimum atomic E-state index is -3.92. The molecule has 108 valence electrons. The standard InChI is InChI=1S/C11H15ClFNO3S2/c1-7(10(6-15)18-2)14-19(16,17)11-5-8(13)3-4-9(11)12/h3-5,7,10,14-15H,6H2,1-2H3. The largest absolute Gasteiger partial charge is 0.395 e. The van der Waals surface area contributed by atoms with E-state index in [4.69, 9.17) is 16.7 Å². The van der Waals surface area contributed by atoms with Crippen LogP contribution in [0, 0.1) is 5.82 Å². The Labute approximate surface area is 121 Å². The summed E-state index contributed by atoms with van der Waals surface area (Å²) in [4.78, 5) is -0.307. The lowest BCUT2D eigenvalue weighted by Crippen LogP contribution is -2.41. The summed E-state index contributed by atoms with van der Waals surface area (Å²) in [6.45, 7) is 1.46. The van der Waals surface area contributed by atoms with Crippen LogP contribution in [0.5, 0.6) is 0 Å². The fraction of sp³-hybridized carbons (Fsp3) is 0.455. The summed E-state index contributed by atoms with van der Waals surface area (Å²) in [5.41, 5.74) is 0. The number of halogens is 2. The first-order valence-electron chi connectivity index (χ1n) is 5.43. The van der Waals surface area contributed by atoms with Crippen molar-refractivity contribution in [1.82, 2.24) is 4.72 Å². The Morgan fingerprint density at radius 3 is 2.68 bits per heavy atom. The number of thioether (sulfide) groups is 1. The second-order valence-electron chi connectivity index (χ2n) is 3.94. The van der Waals surface area contributed by atoms with Gasteiger partial charge in [0.2, 0.25) is 10.0 Å². The average molecular weight is 328 g/mol. The molecule has 0 fully saturated rings. The fourth-order valence-electron chi connectivity index (χ4n) is 1.50. The van der Waals surface area contributed by atoms with Crippen molar-refractivity contribution in [1.29, 1.82) is 0 Å². The van der Waals surface area contributed by atoms with Crippen molar-refractivity contribution in [3.8, 4) is 0 Å². The summed E-state index contributed by atoms with van der Waals surface area (Å²) < 4.78 is 39.7. The first-order chi connectivity index (χ1) is 8.81. The number of hydrogen-bond acceptors (Lipinski definition) is 4. The molecule has 1 aromatic carbocycles. The van der Waals surface area contributed by atoms with E-state index < -0.39 is 21.9 Å². The predicted octanol–water partition coefficient (Wildman–Crippen LogP) is 1.87. The van der Waals surface area contributed by atoms with Crippen LogP contribution in [-0.2, 0) is 10.0 Å². The quantitative estimate of drug-likeness (QED) is 0.837. The highest BCUT2D eigenvalue weighted by Crippen LogP contribution is 2.23. The Morgan fingerprint density at radius 1 is 1.53 bits per heavy atom. The zero-order valence-corrected chi connectivity index (χ0v) is 12.8. The van der Waals surface area contributed by atoms with Gasteiger partial charge in [-0.25, -0.2) is 17.5 Å². The van der Waals surface area contributed by atoms with Crippen LogP contribution in [0.1, 0.15) is 6.92 Å². The zero-order chi connectivity index (χ0) is 14.6. The van der Waals surface area contributed by atoms with E-state index in [1.54, 1.807) is 13.2 Å². The molecule has 0 heterocycles. The molecule has 1 rings (SSSR count). The van der Waals surface area contributed by atoms with Crippen LogP contribution in [0.25, 0.3) is 0 Å². The molecule has 8 heteroatoms. The molecular formula is C11H15ClFNO3S2. The molecule has 0 aromatic heterocycles. The second-order valence-corrected chi connectivity index (χ2v) is 7.11. The lowest BCUT2D eigenvalue weighted by atomic mass is 10.3. The van der Waals surface area contributed by atoms with E-state index in [-0.39, 0.29) is 21.8 Å². The van der Waals surface area contributed by atoms with E-state index in [9.17, 15) is 12.8 Å². The van der Waals surface area contributed by atoms with Crippen molar-refractivity contribution in [2.45, 2.75) is 23.1 Å². The number of nitrogens with one attached hydrogen (secondary N) is 1. The van der Waals surface area contributed by atoms with Crippen LogP contribution in [0.4, 0.5) is 4.39 Å². The lowest BCUT2D eigenvalue weighted by Gasteiger charge is -2.21. The van der Waals surface area contributed by atoms with E-state index in [1.807, 2.05) is 0 Å². The Kier molecular flexibility index (Phi) is 6.07. The van der Waals surface area contributed by atoms with Gasteiger partial charge in [-0.2, -0.15) is 11.8 Å². The smallest absolute Gasteiger partial charge is 0.242 e. The molecule has 0 aliphatic heterocycles. The van der Waals surface area contributed by atoms with Crippen molar-refractivity contribution in [2.75, 3.05) is 12.9 Å². The third-order valence-corrected chi connectivity index (χ3v) is 5.77. The SMILES string of the molecule is CSC(CO)C(C)NS(=O)(=O)c1cc(F)ccc1Cl. The third kappa shape index (κ3) is 4.32. The van der Waals surface area contributed by atoms with Crippen LogP contribution >= 0.6 is 23.4 Å². The molecule has 0 aliphatic carbocycles. The molecule has 19 heavy (non-hydrogen) atoms. The molecule has 0 saturated heterocycles. The van der Waals surface area contributed by atoms with Gasteiger partial charge < -0.3 is 5.11 Å². The average Bonchev–Trinajstić information content (AvgIpc) is 2.33. The lowest BCUT2D eigenvalue weighted by molar-refractivity contribution is 0.282. The molecule has 0 spiro atoms. The molecule has 2 N–H and O–H groups in total. The van der Waals surface area contributed by atoms with Gasteiger partial charge in [0.25, 0.3) is 0 Å². The summed E-state index contributed by atoms with van der Waals surface area (Å²) in [6, 6.07) is 2.63. The molecule has 2 atom stereocenters. The topological polar surface area (TPSA) is 66.4 Å². The minimum Gasteiger partial charge on any atom is -0.395 e. The summed E-state index contributed by atoms with van der Waals surface area (Å²) in [7, 11) is -3.92. The van der Waals surface area contributed by atoms with Gasteiger partial charge in [-0.05, 0) is 31.4 Å². The highest BCUT2D eigenvalue weighted by molar-refractivity contribution is 7.99. The van der Waals surface area contributed by atoms with E-state index in [0.29, 0.717) is 0 Å². The van der Waals surface area contributed by atoms with Crippen molar-refractivity contribution in [2.24, 2.45) is 0 Å². The van der Waals surface area contributed by atoms with Crippen LogP contribution < -0.4 is 4.72 Å². The third-order valence-electron chi connectivity index (χ3n) is 2.56. The van der Waals surface area contributed by atoms with E-state index in [0.717, 1.165) is 12.1 Å². The Bertz CT molecular complexity index is 535. The monoisotopic (exact) mass is 327 g/mol. The number of hydrogen-bond donors (Lipinski definition) is 2. The summed E-state index contributed by atoms with van der Waals surface area (Å²) in [5, 5.41) is 8.78. The van der Waals surface area contributed by atoms with Crippen LogP contribution in [0.2, 0.25) is 5.02 Å². The molecule has 0 aliphatic rings. The highest BCUT2D eigenvalue weighted by Gasteiger charge is 2.25. The fourth-order valence-corrected chi connectivity index (χ4v) is 4.01. The van der Waals surface area contributed by atoms with E-state index >= 15 is 0 Å². The molecular weight excluding hydrogens is 313 g/mol. The Balaban J connectivity index is 3.01. The number of rotatable bonds is 6. The van der Waals surface area contributed by atoms with Crippen LogP contribution in [0.3, 0.4) is 0 Å². The van der Waals surface area contributed by atoms with Gasteiger partial charge >= 0.3 is 0 Å². The van der Waals surface area contributed by atoms with Gasteiger partial charge in [0.15, 0.2) is 0 Å². The van der Waals surface area contributed by atoms with E-state index in [2.05, 4.69) is 4.72 Å². The molecule has 0 amide bonds. The number of aliphatic hydroxyl groups is 1. The first kappa shape index (κ1) is 16.7. The normalized spacial score (nSPS) is 15.2. The second kappa shape index (κ2) is 6.90. The molecule has 0 radical (unpaired) electrons. The van der Waals surface area contributed by atoms with Crippen molar-refractivity contribution in [3.63, 3.8) is 0 Å². The molecule has 0 bridgehead atoms. The van der Waals surface area contributed by atoms with Crippen LogP contribution in [-0.4, -0.2) is 37.7 Å². The van der Waals surface area contributed by atoms with Crippen molar-refractivity contribution in [3.05, 3.63) is 29.0 Å². The van der Waals surface area contributed by atoms with Gasteiger partial charge in [0, 0.05) is 11.3 Å².